The average Bonchev–Trinajstić information content (AvgIpc) is 2.54. The Hall–Kier alpha value is -2.68. The molecule has 104 valence electrons. The lowest BCUT2D eigenvalue weighted by Gasteiger charge is -2.14. The van der Waals surface area contributed by atoms with Crippen molar-refractivity contribution in [3.63, 3.8) is 0 Å². The molecule has 0 aliphatic carbocycles. The molecule has 0 aliphatic heterocycles. The van der Waals surface area contributed by atoms with Gasteiger partial charge >= 0.3 is 0 Å². The topological polar surface area (TPSA) is 33.2 Å². The number of aromatic nitrogens is 1. The van der Waals surface area contributed by atoms with Crippen molar-refractivity contribution in [2.75, 3.05) is 14.1 Å². The maximum Gasteiger partial charge on any atom is 0.254 e. The molecule has 0 N–H and O–H groups in total. The number of para-hydroxylation sites is 1. The van der Waals surface area contributed by atoms with E-state index in [-0.39, 0.29) is 5.91 Å². The number of hydrogen-bond acceptors (Lipinski definition) is 2. The quantitative estimate of drug-likeness (QED) is 0.716. The third-order valence-electron chi connectivity index (χ3n) is 3.42. The summed E-state index contributed by atoms with van der Waals surface area (Å²) in [4.78, 5) is 18.7. The van der Waals surface area contributed by atoms with Gasteiger partial charge in [0.25, 0.3) is 5.91 Å². The Morgan fingerprint density at radius 3 is 2.33 bits per heavy atom. The molecule has 0 saturated heterocycles. The Labute approximate surface area is 123 Å². The number of fused-ring (bicyclic) bond motifs is 1. The first kappa shape index (κ1) is 13.3. The van der Waals surface area contributed by atoms with Gasteiger partial charge in [0.05, 0.1) is 16.8 Å². The van der Waals surface area contributed by atoms with E-state index in [1.165, 1.54) is 0 Å². The first-order chi connectivity index (χ1) is 10.2. The molecular weight excluding hydrogens is 260 g/mol. The molecule has 2 aromatic carbocycles. The molecule has 0 fully saturated rings. The monoisotopic (exact) mass is 276 g/mol. The van der Waals surface area contributed by atoms with Gasteiger partial charge in [-0.1, -0.05) is 48.5 Å². The van der Waals surface area contributed by atoms with Crippen LogP contribution in [0.15, 0.2) is 60.7 Å². The predicted molar refractivity (Wildman–Crippen MR) is 85.2 cm³/mol. The Morgan fingerprint density at radius 2 is 1.62 bits per heavy atom. The number of nitrogens with zero attached hydrogens (tertiary/aromatic N) is 2. The maximum absolute atomic E-state index is 12.4. The van der Waals surface area contributed by atoms with E-state index in [9.17, 15) is 4.79 Å². The third-order valence-corrected chi connectivity index (χ3v) is 3.42. The number of hydrogen-bond donors (Lipinski definition) is 0. The van der Waals surface area contributed by atoms with E-state index in [1.807, 2.05) is 60.7 Å². The fourth-order valence-corrected chi connectivity index (χ4v) is 2.35. The van der Waals surface area contributed by atoms with Crippen LogP contribution >= 0.6 is 0 Å². The van der Waals surface area contributed by atoms with Crippen LogP contribution in [-0.2, 0) is 0 Å². The molecular formula is C18H16N2O. The second kappa shape index (κ2) is 5.37. The van der Waals surface area contributed by atoms with Crippen LogP contribution in [0.5, 0.6) is 0 Å². The number of carbonyl (C=O) groups excluding carboxylic acids is 1. The van der Waals surface area contributed by atoms with Crippen molar-refractivity contribution in [3.05, 3.63) is 66.2 Å². The Bertz CT molecular complexity index is 795. The zero-order valence-electron chi connectivity index (χ0n) is 12.1. The summed E-state index contributed by atoms with van der Waals surface area (Å²) in [7, 11) is 3.53. The van der Waals surface area contributed by atoms with E-state index in [0.717, 1.165) is 22.2 Å². The first-order valence-corrected chi connectivity index (χ1v) is 6.83. The summed E-state index contributed by atoms with van der Waals surface area (Å²) in [5.74, 6) is -0.00854. The number of carbonyl (C=O) groups is 1. The third kappa shape index (κ3) is 2.50. The molecule has 3 rings (SSSR count). The Morgan fingerprint density at radius 1 is 0.952 bits per heavy atom. The fourth-order valence-electron chi connectivity index (χ4n) is 2.35. The van der Waals surface area contributed by atoms with Gasteiger partial charge in [-0.25, -0.2) is 4.98 Å². The van der Waals surface area contributed by atoms with Gasteiger partial charge in [-0.15, -0.1) is 0 Å². The second-order valence-electron chi connectivity index (χ2n) is 5.14. The summed E-state index contributed by atoms with van der Waals surface area (Å²) in [5, 5.41) is 0.885. The second-order valence-corrected chi connectivity index (χ2v) is 5.14. The lowest BCUT2D eigenvalue weighted by Crippen LogP contribution is -2.22. The van der Waals surface area contributed by atoms with Crippen molar-refractivity contribution in [3.8, 4) is 11.3 Å². The highest BCUT2D eigenvalue weighted by atomic mass is 16.2. The molecule has 0 spiro atoms. The average molecular weight is 276 g/mol. The number of rotatable bonds is 2. The molecule has 1 amide bonds. The van der Waals surface area contributed by atoms with E-state index >= 15 is 0 Å². The van der Waals surface area contributed by atoms with Gasteiger partial charge in [0, 0.05) is 25.0 Å². The van der Waals surface area contributed by atoms with E-state index in [1.54, 1.807) is 19.0 Å². The van der Waals surface area contributed by atoms with Gasteiger partial charge in [0.2, 0.25) is 0 Å². The molecule has 0 bridgehead atoms. The molecule has 3 aromatic rings. The van der Waals surface area contributed by atoms with Gasteiger partial charge in [0.1, 0.15) is 0 Å². The lowest BCUT2D eigenvalue weighted by molar-refractivity contribution is 0.0829. The van der Waals surface area contributed by atoms with Crippen molar-refractivity contribution in [2.45, 2.75) is 0 Å². The molecule has 0 saturated carbocycles. The zero-order valence-corrected chi connectivity index (χ0v) is 12.1. The highest BCUT2D eigenvalue weighted by Crippen LogP contribution is 2.25. The van der Waals surface area contributed by atoms with Crippen molar-refractivity contribution in [1.82, 2.24) is 9.88 Å². The molecule has 0 unspecified atom stereocenters. The van der Waals surface area contributed by atoms with Gasteiger partial charge in [-0.2, -0.15) is 0 Å². The van der Waals surface area contributed by atoms with E-state index < -0.39 is 0 Å². The van der Waals surface area contributed by atoms with Crippen LogP contribution in [0.1, 0.15) is 10.4 Å². The summed E-state index contributed by atoms with van der Waals surface area (Å²) in [6, 6.07) is 19.5. The number of amides is 1. The van der Waals surface area contributed by atoms with E-state index in [2.05, 4.69) is 4.98 Å². The smallest absolute Gasteiger partial charge is 0.254 e. The van der Waals surface area contributed by atoms with Crippen LogP contribution in [0.3, 0.4) is 0 Å². The van der Waals surface area contributed by atoms with E-state index in [0.29, 0.717) is 5.56 Å². The summed E-state index contributed by atoms with van der Waals surface area (Å²) in [5.41, 5.74) is 3.35. The molecule has 1 aromatic heterocycles. The van der Waals surface area contributed by atoms with Gasteiger partial charge in [0.15, 0.2) is 0 Å². The Balaban J connectivity index is 2.27. The normalized spacial score (nSPS) is 10.6. The number of pyridine rings is 1. The van der Waals surface area contributed by atoms with Crippen LogP contribution in [-0.4, -0.2) is 29.9 Å². The van der Waals surface area contributed by atoms with Crippen molar-refractivity contribution >= 4 is 16.8 Å². The predicted octanol–water partition coefficient (Wildman–Crippen LogP) is 3.60. The highest BCUT2D eigenvalue weighted by molar-refractivity contribution is 6.07. The summed E-state index contributed by atoms with van der Waals surface area (Å²) < 4.78 is 0. The van der Waals surface area contributed by atoms with Crippen LogP contribution in [0, 0.1) is 0 Å². The SMILES string of the molecule is CN(C)C(=O)c1cc(-c2ccccc2)nc2ccccc12. The minimum Gasteiger partial charge on any atom is -0.345 e. The molecule has 1 heterocycles. The summed E-state index contributed by atoms with van der Waals surface area (Å²) in [6.45, 7) is 0. The highest BCUT2D eigenvalue weighted by Gasteiger charge is 2.15. The minimum absolute atomic E-state index is 0.00854. The number of benzene rings is 2. The summed E-state index contributed by atoms with van der Waals surface area (Å²) >= 11 is 0. The lowest BCUT2D eigenvalue weighted by atomic mass is 10.0. The zero-order chi connectivity index (χ0) is 14.8. The standard InChI is InChI=1S/C18H16N2O/c1-20(2)18(21)15-12-17(13-8-4-3-5-9-13)19-16-11-7-6-10-14(15)16/h3-12H,1-2H3. The molecule has 3 heteroatoms. The van der Waals surface area contributed by atoms with Crippen LogP contribution in [0.25, 0.3) is 22.2 Å². The van der Waals surface area contributed by atoms with Crippen molar-refractivity contribution < 1.29 is 4.79 Å². The van der Waals surface area contributed by atoms with Crippen molar-refractivity contribution in [2.24, 2.45) is 0 Å². The first-order valence-electron chi connectivity index (χ1n) is 6.83. The maximum atomic E-state index is 12.4. The van der Waals surface area contributed by atoms with Crippen LogP contribution < -0.4 is 0 Å². The molecule has 0 aliphatic rings. The molecule has 0 atom stereocenters. The minimum atomic E-state index is -0.00854. The van der Waals surface area contributed by atoms with Gasteiger partial charge < -0.3 is 4.90 Å². The van der Waals surface area contributed by atoms with Gasteiger partial charge in [-0.3, -0.25) is 4.79 Å². The Kier molecular flexibility index (Phi) is 3.40. The summed E-state index contributed by atoms with van der Waals surface area (Å²) in [6.07, 6.45) is 0. The molecule has 3 nitrogen and oxygen atoms in total. The molecule has 0 radical (unpaired) electrons. The fraction of sp³-hybridized carbons (Fsp3) is 0.111. The molecule has 21 heavy (non-hydrogen) atoms. The van der Waals surface area contributed by atoms with Crippen LogP contribution in [0.2, 0.25) is 0 Å². The van der Waals surface area contributed by atoms with Crippen molar-refractivity contribution in [1.29, 1.82) is 0 Å². The van der Waals surface area contributed by atoms with E-state index in [4.69, 9.17) is 0 Å². The van der Waals surface area contributed by atoms with Gasteiger partial charge in [-0.05, 0) is 12.1 Å². The van der Waals surface area contributed by atoms with Crippen LogP contribution in [0.4, 0.5) is 0 Å². The largest absolute Gasteiger partial charge is 0.345 e.